The Bertz CT molecular complexity index is 248. The fraction of sp³-hybridized carbons (Fsp3) is 1.00. The van der Waals surface area contributed by atoms with Gasteiger partial charge in [-0.3, -0.25) is 0 Å². The van der Waals surface area contributed by atoms with Crippen LogP contribution < -0.4 is 21.3 Å². The van der Waals surface area contributed by atoms with Gasteiger partial charge in [0.1, 0.15) is 0 Å². The molecule has 2 fully saturated rings. The Labute approximate surface area is 138 Å². The molecule has 4 N–H and O–H groups in total. The SMILES string of the molecule is CC(C)(C)NC1CCCNC1.CC(C)(C)NC1CCNCC1. The fourth-order valence-corrected chi connectivity index (χ4v) is 3.17. The summed E-state index contributed by atoms with van der Waals surface area (Å²) in [6, 6.07) is 1.42. The van der Waals surface area contributed by atoms with Gasteiger partial charge in [0.2, 0.25) is 0 Å². The zero-order valence-electron chi connectivity index (χ0n) is 15.8. The predicted molar refractivity (Wildman–Crippen MR) is 97.6 cm³/mol. The molecule has 0 aliphatic carbocycles. The lowest BCUT2D eigenvalue weighted by Gasteiger charge is -2.31. The molecule has 4 heteroatoms. The molecule has 1 atom stereocenters. The first kappa shape index (κ1) is 19.9. The van der Waals surface area contributed by atoms with Crippen LogP contribution in [0.1, 0.15) is 67.2 Å². The van der Waals surface area contributed by atoms with Gasteiger partial charge in [0, 0.05) is 29.7 Å². The molecule has 132 valence electrons. The summed E-state index contributed by atoms with van der Waals surface area (Å²) < 4.78 is 0. The van der Waals surface area contributed by atoms with E-state index in [-0.39, 0.29) is 11.1 Å². The molecule has 0 bridgehead atoms. The number of nitrogens with one attached hydrogen (secondary N) is 4. The molecule has 0 amide bonds. The predicted octanol–water partition coefficient (Wildman–Crippen LogP) is 2.25. The molecule has 2 aliphatic heterocycles. The van der Waals surface area contributed by atoms with Crippen LogP contribution in [0.15, 0.2) is 0 Å². The molecule has 4 nitrogen and oxygen atoms in total. The second kappa shape index (κ2) is 9.21. The highest BCUT2D eigenvalue weighted by Gasteiger charge is 2.19. The minimum Gasteiger partial charge on any atom is -0.317 e. The largest absolute Gasteiger partial charge is 0.317 e. The van der Waals surface area contributed by atoms with Crippen molar-refractivity contribution in [2.24, 2.45) is 0 Å². The minimum atomic E-state index is 0.268. The van der Waals surface area contributed by atoms with Gasteiger partial charge in [-0.15, -0.1) is 0 Å². The number of rotatable bonds is 2. The van der Waals surface area contributed by atoms with E-state index in [0.29, 0.717) is 6.04 Å². The summed E-state index contributed by atoms with van der Waals surface area (Å²) in [5.74, 6) is 0. The van der Waals surface area contributed by atoms with E-state index in [2.05, 4.69) is 62.8 Å². The number of hydrogen-bond donors (Lipinski definition) is 4. The third-order valence-corrected chi connectivity index (χ3v) is 3.91. The van der Waals surface area contributed by atoms with Crippen molar-refractivity contribution in [3.05, 3.63) is 0 Å². The molecule has 0 aromatic rings. The Morgan fingerprint density at radius 2 is 1.23 bits per heavy atom. The Morgan fingerprint density at radius 3 is 1.68 bits per heavy atom. The third-order valence-electron chi connectivity index (χ3n) is 3.91. The molecule has 2 heterocycles. The Morgan fingerprint density at radius 1 is 0.682 bits per heavy atom. The first-order valence-electron chi connectivity index (χ1n) is 9.12. The average Bonchev–Trinajstić information content (AvgIpc) is 2.38. The lowest BCUT2D eigenvalue weighted by molar-refractivity contribution is 0.304. The summed E-state index contributed by atoms with van der Waals surface area (Å²) >= 11 is 0. The van der Waals surface area contributed by atoms with Crippen LogP contribution in [0.3, 0.4) is 0 Å². The highest BCUT2D eigenvalue weighted by Crippen LogP contribution is 2.08. The topological polar surface area (TPSA) is 48.1 Å². The number of hydrogen-bond acceptors (Lipinski definition) is 4. The van der Waals surface area contributed by atoms with Gasteiger partial charge < -0.3 is 21.3 Å². The van der Waals surface area contributed by atoms with Crippen LogP contribution in [0.5, 0.6) is 0 Å². The van der Waals surface area contributed by atoms with Crippen molar-refractivity contribution in [1.29, 1.82) is 0 Å². The molecule has 22 heavy (non-hydrogen) atoms. The highest BCUT2D eigenvalue weighted by molar-refractivity contribution is 4.82. The molecule has 2 rings (SSSR count). The van der Waals surface area contributed by atoms with Crippen LogP contribution in [0.2, 0.25) is 0 Å². The van der Waals surface area contributed by atoms with Crippen molar-refractivity contribution >= 4 is 0 Å². The molecular weight excluding hydrogens is 272 g/mol. The van der Waals surface area contributed by atoms with E-state index < -0.39 is 0 Å². The van der Waals surface area contributed by atoms with Gasteiger partial charge in [0.05, 0.1) is 0 Å². The van der Waals surface area contributed by atoms with Crippen molar-refractivity contribution in [3.63, 3.8) is 0 Å². The molecule has 0 radical (unpaired) electrons. The van der Waals surface area contributed by atoms with Gasteiger partial charge in [-0.1, -0.05) is 0 Å². The van der Waals surface area contributed by atoms with Gasteiger partial charge in [0.25, 0.3) is 0 Å². The van der Waals surface area contributed by atoms with Crippen LogP contribution in [0.4, 0.5) is 0 Å². The van der Waals surface area contributed by atoms with Crippen LogP contribution in [0, 0.1) is 0 Å². The molecule has 2 saturated heterocycles. The summed E-state index contributed by atoms with van der Waals surface area (Å²) in [7, 11) is 0. The maximum absolute atomic E-state index is 3.62. The molecule has 0 spiro atoms. The maximum atomic E-state index is 3.62. The fourth-order valence-electron chi connectivity index (χ4n) is 3.17. The lowest BCUT2D eigenvalue weighted by Crippen LogP contribution is -2.50. The van der Waals surface area contributed by atoms with E-state index >= 15 is 0 Å². The summed E-state index contributed by atoms with van der Waals surface area (Å²) in [5, 5.41) is 14.0. The molecule has 2 aliphatic rings. The highest BCUT2D eigenvalue weighted by atomic mass is 15.0. The molecule has 0 aromatic carbocycles. The van der Waals surface area contributed by atoms with Crippen LogP contribution in [0.25, 0.3) is 0 Å². The summed E-state index contributed by atoms with van der Waals surface area (Å²) in [4.78, 5) is 0. The van der Waals surface area contributed by atoms with Crippen LogP contribution in [-0.4, -0.2) is 49.3 Å². The number of piperidine rings is 2. The Hall–Kier alpha value is -0.160. The quantitative estimate of drug-likeness (QED) is 0.632. The first-order valence-corrected chi connectivity index (χ1v) is 9.12. The van der Waals surface area contributed by atoms with Crippen molar-refractivity contribution in [2.75, 3.05) is 26.2 Å². The molecule has 1 unspecified atom stereocenters. The van der Waals surface area contributed by atoms with Crippen LogP contribution in [-0.2, 0) is 0 Å². The molecule has 0 aromatic heterocycles. The van der Waals surface area contributed by atoms with E-state index in [1.165, 1.54) is 45.3 Å². The van der Waals surface area contributed by atoms with Gasteiger partial charge in [-0.2, -0.15) is 0 Å². The smallest absolute Gasteiger partial charge is 0.0197 e. The first-order chi connectivity index (χ1) is 10.2. The van der Waals surface area contributed by atoms with Crippen molar-refractivity contribution < 1.29 is 0 Å². The zero-order valence-corrected chi connectivity index (χ0v) is 15.8. The van der Waals surface area contributed by atoms with E-state index in [9.17, 15) is 0 Å². The van der Waals surface area contributed by atoms with Crippen molar-refractivity contribution in [3.8, 4) is 0 Å². The summed E-state index contributed by atoms with van der Waals surface area (Å²) in [6.07, 6.45) is 5.19. The van der Waals surface area contributed by atoms with Gasteiger partial charge in [-0.05, 0) is 86.9 Å². The standard InChI is InChI=1S/2C9H20N2/c1-9(2,3)11-8-4-6-10-7-5-8;1-9(2,3)11-8-5-4-6-10-7-8/h2*8,10-11H,4-7H2,1-3H3. The third kappa shape index (κ3) is 10.5. The second-order valence-corrected chi connectivity index (χ2v) is 8.86. The monoisotopic (exact) mass is 312 g/mol. The van der Waals surface area contributed by atoms with Gasteiger partial charge in [0.15, 0.2) is 0 Å². The zero-order chi connectivity index (χ0) is 16.6. The second-order valence-electron chi connectivity index (χ2n) is 8.86. The minimum absolute atomic E-state index is 0.268. The maximum Gasteiger partial charge on any atom is 0.0197 e. The van der Waals surface area contributed by atoms with Crippen molar-refractivity contribution in [1.82, 2.24) is 21.3 Å². The van der Waals surface area contributed by atoms with E-state index in [4.69, 9.17) is 0 Å². The van der Waals surface area contributed by atoms with Crippen LogP contribution >= 0.6 is 0 Å². The van der Waals surface area contributed by atoms with E-state index in [0.717, 1.165) is 12.6 Å². The van der Waals surface area contributed by atoms with Gasteiger partial charge >= 0.3 is 0 Å². The Kier molecular flexibility index (Phi) is 8.33. The van der Waals surface area contributed by atoms with E-state index in [1.807, 2.05) is 0 Å². The average molecular weight is 313 g/mol. The lowest BCUT2D eigenvalue weighted by atomic mass is 10.0. The van der Waals surface area contributed by atoms with E-state index in [1.54, 1.807) is 0 Å². The molecular formula is C18H40N4. The molecule has 0 saturated carbocycles. The summed E-state index contributed by atoms with van der Waals surface area (Å²) in [5.41, 5.74) is 0.547. The van der Waals surface area contributed by atoms with Gasteiger partial charge in [-0.25, -0.2) is 0 Å². The normalized spacial score (nSPS) is 24.5. The Balaban J connectivity index is 0.000000220. The van der Waals surface area contributed by atoms with Crippen molar-refractivity contribution in [2.45, 2.75) is 90.4 Å². The summed E-state index contributed by atoms with van der Waals surface area (Å²) in [6.45, 7) is 18.0.